The maximum atomic E-state index is 11.6. The van der Waals surface area contributed by atoms with E-state index in [2.05, 4.69) is 29.0 Å². The van der Waals surface area contributed by atoms with Crippen molar-refractivity contribution in [2.75, 3.05) is 26.2 Å². The Morgan fingerprint density at radius 3 is 2.81 bits per heavy atom. The van der Waals surface area contributed by atoms with E-state index in [1.165, 1.54) is 19.4 Å². The molecule has 5 heteroatoms. The van der Waals surface area contributed by atoms with E-state index in [0.717, 1.165) is 13.1 Å². The summed E-state index contributed by atoms with van der Waals surface area (Å²) < 4.78 is 0. The van der Waals surface area contributed by atoms with Crippen molar-refractivity contribution in [2.24, 2.45) is 0 Å². The number of carbonyl (C=O) groups is 1. The lowest BCUT2D eigenvalue weighted by Gasteiger charge is -2.46. The van der Waals surface area contributed by atoms with Gasteiger partial charge in [0.05, 0.1) is 0 Å². The number of aliphatic carboxylic acids is 1. The van der Waals surface area contributed by atoms with E-state index in [0.29, 0.717) is 25.0 Å². The monoisotopic (exact) mass is 297 g/mol. The third kappa shape index (κ3) is 3.58. The zero-order valence-electron chi connectivity index (χ0n) is 13.9. The van der Waals surface area contributed by atoms with E-state index in [9.17, 15) is 9.90 Å². The average molecular weight is 297 g/mol. The van der Waals surface area contributed by atoms with Crippen LogP contribution in [0.3, 0.4) is 0 Å². The van der Waals surface area contributed by atoms with Crippen LogP contribution in [0.2, 0.25) is 0 Å². The van der Waals surface area contributed by atoms with Crippen molar-refractivity contribution in [1.82, 2.24) is 15.1 Å². The molecule has 0 aromatic heterocycles. The molecule has 2 fully saturated rings. The Morgan fingerprint density at radius 1 is 1.48 bits per heavy atom. The molecule has 2 aliphatic rings. The van der Waals surface area contributed by atoms with Crippen LogP contribution in [0.5, 0.6) is 0 Å². The minimum atomic E-state index is -0.833. The Kier molecular flexibility index (Phi) is 5.28. The third-order valence-electron chi connectivity index (χ3n) is 5.29. The van der Waals surface area contributed by atoms with Crippen molar-refractivity contribution in [2.45, 2.75) is 70.6 Å². The molecule has 4 atom stereocenters. The molecular weight excluding hydrogens is 266 g/mol. The summed E-state index contributed by atoms with van der Waals surface area (Å²) in [6.07, 6.45) is 3.25. The number of carboxylic acid groups (broad SMARTS) is 1. The number of rotatable bonds is 6. The maximum Gasteiger partial charge on any atom is 0.323 e. The molecule has 0 aromatic carbocycles. The molecule has 2 aliphatic heterocycles. The van der Waals surface area contributed by atoms with Gasteiger partial charge in [0.15, 0.2) is 0 Å². The molecule has 2 heterocycles. The number of likely N-dealkylation sites (N-methyl/N-ethyl adjacent to an activating group) is 1. The summed E-state index contributed by atoms with van der Waals surface area (Å²) in [5, 5.41) is 12.7. The highest BCUT2D eigenvalue weighted by molar-refractivity contribution is 5.78. The lowest BCUT2D eigenvalue weighted by Crippen LogP contribution is -2.60. The Hall–Kier alpha value is -0.650. The Balaban J connectivity index is 2.01. The summed E-state index contributed by atoms with van der Waals surface area (Å²) >= 11 is 0. The molecule has 0 radical (unpaired) electrons. The van der Waals surface area contributed by atoms with E-state index < -0.39 is 11.5 Å². The highest BCUT2D eigenvalue weighted by Gasteiger charge is 2.40. The molecule has 0 bridgehead atoms. The van der Waals surface area contributed by atoms with Gasteiger partial charge in [-0.15, -0.1) is 0 Å². The predicted molar refractivity (Wildman–Crippen MR) is 84.6 cm³/mol. The van der Waals surface area contributed by atoms with Crippen LogP contribution < -0.4 is 5.32 Å². The number of hydrogen-bond acceptors (Lipinski definition) is 4. The van der Waals surface area contributed by atoms with Gasteiger partial charge >= 0.3 is 5.97 Å². The fraction of sp³-hybridized carbons (Fsp3) is 0.938. The highest BCUT2D eigenvalue weighted by Crippen LogP contribution is 2.28. The largest absolute Gasteiger partial charge is 0.480 e. The molecule has 21 heavy (non-hydrogen) atoms. The highest BCUT2D eigenvalue weighted by atomic mass is 16.4. The van der Waals surface area contributed by atoms with Crippen molar-refractivity contribution in [1.29, 1.82) is 0 Å². The van der Waals surface area contributed by atoms with Crippen LogP contribution in [-0.4, -0.2) is 70.7 Å². The van der Waals surface area contributed by atoms with Crippen LogP contribution in [-0.2, 0) is 4.79 Å². The van der Waals surface area contributed by atoms with Gasteiger partial charge in [-0.3, -0.25) is 14.6 Å². The molecule has 4 unspecified atom stereocenters. The number of fused-ring (bicyclic) bond motifs is 1. The Labute approximate surface area is 128 Å². The van der Waals surface area contributed by atoms with E-state index in [4.69, 9.17) is 0 Å². The van der Waals surface area contributed by atoms with Gasteiger partial charge in [0.25, 0.3) is 0 Å². The molecule has 122 valence electrons. The zero-order valence-corrected chi connectivity index (χ0v) is 13.9. The SMILES string of the molecule is CCNC(C)(CC(C)N1CC2CCCN2CC1C)C(=O)O. The zero-order chi connectivity index (χ0) is 15.6. The molecule has 0 aliphatic carbocycles. The van der Waals surface area contributed by atoms with Gasteiger partial charge in [-0.05, 0) is 53.1 Å². The van der Waals surface area contributed by atoms with Gasteiger partial charge in [0, 0.05) is 31.2 Å². The molecule has 2 N–H and O–H groups in total. The van der Waals surface area contributed by atoms with Gasteiger partial charge < -0.3 is 10.4 Å². The molecular formula is C16H31N3O2. The summed E-state index contributed by atoms with van der Waals surface area (Å²) in [5.74, 6) is -0.747. The first-order chi connectivity index (χ1) is 9.87. The van der Waals surface area contributed by atoms with Crippen LogP contribution in [0.25, 0.3) is 0 Å². The van der Waals surface area contributed by atoms with Crippen molar-refractivity contribution >= 4 is 5.97 Å². The lowest BCUT2D eigenvalue weighted by atomic mass is 9.91. The second kappa shape index (κ2) is 6.63. The van der Waals surface area contributed by atoms with Gasteiger partial charge in [0.2, 0.25) is 0 Å². The number of piperazine rings is 1. The fourth-order valence-electron chi connectivity index (χ4n) is 4.16. The molecule has 5 nitrogen and oxygen atoms in total. The van der Waals surface area contributed by atoms with E-state index in [1.807, 2.05) is 13.8 Å². The molecule has 0 saturated carbocycles. The van der Waals surface area contributed by atoms with Gasteiger partial charge in [-0.2, -0.15) is 0 Å². The minimum Gasteiger partial charge on any atom is -0.480 e. The maximum absolute atomic E-state index is 11.6. The summed E-state index contributed by atoms with van der Waals surface area (Å²) in [4.78, 5) is 16.7. The standard InChI is InChI=1S/C16H31N3O2/c1-5-17-16(4,15(20)21)9-12(2)19-11-14-7-6-8-18(14)10-13(19)3/h12-14,17H,5-11H2,1-4H3,(H,20,21). The van der Waals surface area contributed by atoms with E-state index >= 15 is 0 Å². The third-order valence-corrected chi connectivity index (χ3v) is 5.29. The summed E-state index contributed by atoms with van der Waals surface area (Å²) in [6.45, 7) is 12.4. The quantitative estimate of drug-likeness (QED) is 0.776. The first-order valence-electron chi connectivity index (χ1n) is 8.35. The van der Waals surface area contributed by atoms with E-state index in [-0.39, 0.29) is 6.04 Å². The molecule has 0 spiro atoms. The first kappa shape index (κ1) is 16.7. The molecule has 2 saturated heterocycles. The minimum absolute atomic E-state index is 0.280. The number of nitrogens with zero attached hydrogens (tertiary/aromatic N) is 2. The summed E-state index contributed by atoms with van der Waals surface area (Å²) in [5.41, 5.74) is -0.833. The van der Waals surface area contributed by atoms with Gasteiger partial charge in [-0.25, -0.2) is 0 Å². The summed E-state index contributed by atoms with van der Waals surface area (Å²) in [6, 6.07) is 1.47. The van der Waals surface area contributed by atoms with Crippen LogP contribution in [0, 0.1) is 0 Å². The second-order valence-electron chi connectivity index (χ2n) is 7.06. The van der Waals surface area contributed by atoms with Crippen molar-refractivity contribution < 1.29 is 9.90 Å². The molecule has 2 rings (SSSR count). The van der Waals surface area contributed by atoms with Crippen molar-refractivity contribution in [3.63, 3.8) is 0 Å². The Morgan fingerprint density at radius 2 is 2.19 bits per heavy atom. The predicted octanol–water partition coefficient (Wildman–Crippen LogP) is 1.39. The molecule has 0 aromatic rings. The second-order valence-corrected chi connectivity index (χ2v) is 7.06. The number of carboxylic acids is 1. The lowest BCUT2D eigenvalue weighted by molar-refractivity contribution is -0.145. The first-order valence-corrected chi connectivity index (χ1v) is 8.35. The average Bonchev–Trinajstić information content (AvgIpc) is 2.84. The van der Waals surface area contributed by atoms with Crippen molar-refractivity contribution in [3.8, 4) is 0 Å². The molecule has 0 amide bonds. The van der Waals surface area contributed by atoms with E-state index in [1.54, 1.807) is 0 Å². The van der Waals surface area contributed by atoms with Crippen molar-refractivity contribution in [3.05, 3.63) is 0 Å². The normalized spacial score (nSPS) is 31.6. The van der Waals surface area contributed by atoms with Crippen LogP contribution in [0.4, 0.5) is 0 Å². The summed E-state index contributed by atoms with van der Waals surface area (Å²) in [7, 11) is 0. The van der Waals surface area contributed by atoms with Gasteiger partial charge in [-0.1, -0.05) is 6.92 Å². The fourth-order valence-corrected chi connectivity index (χ4v) is 4.16. The Bertz CT molecular complexity index is 377. The number of hydrogen-bond donors (Lipinski definition) is 2. The van der Waals surface area contributed by atoms with Gasteiger partial charge in [0.1, 0.15) is 5.54 Å². The van der Waals surface area contributed by atoms with Crippen LogP contribution in [0.1, 0.15) is 47.0 Å². The van der Waals surface area contributed by atoms with Crippen LogP contribution in [0.15, 0.2) is 0 Å². The number of nitrogens with one attached hydrogen (secondary N) is 1. The smallest absolute Gasteiger partial charge is 0.323 e. The topological polar surface area (TPSA) is 55.8 Å². The van der Waals surface area contributed by atoms with Crippen LogP contribution >= 0.6 is 0 Å².